The highest BCUT2D eigenvalue weighted by atomic mass is 127. The molecule has 0 saturated heterocycles. The molecule has 0 saturated carbocycles. The van der Waals surface area contributed by atoms with Crippen molar-refractivity contribution in [1.29, 1.82) is 0 Å². The molecule has 1 aromatic rings. The van der Waals surface area contributed by atoms with Gasteiger partial charge in [0.2, 0.25) is 0 Å². The third-order valence-corrected chi connectivity index (χ3v) is 4.71. The van der Waals surface area contributed by atoms with Crippen LogP contribution in [0.25, 0.3) is 0 Å². The van der Waals surface area contributed by atoms with Crippen LogP contribution in [0.3, 0.4) is 0 Å². The second-order valence-corrected chi connectivity index (χ2v) is 7.56. The number of carbonyl (C=O) groups excluding carboxylic acids is 1. The van der Waals surface area contributed by atoms with Crippen LogP contribution in [0.1, 0.15) is 38.3 Å². The number of benzene rings is 1. The summed E-state index contributed by atoms with van der Waals surface area (Å²) in [5, 5.41) is 12.3. The van der Waals surface area contributed by atoms with Crippen LogP contribution in [0.15, 0.2) is 29.3 Å². The normalized spacial score (nSPS) is 21.8. The molecule has 8 heteroatoms. The van der Waals surface area contributed by atoms with Gasteiger partial charge >= 0.3 is 0 Å². The standard InChI is InChI=1S/C17H26IN5O2/c1-11(2)8-17(3)14(24)23(15(19)21-17)10-13-6-4-12(5-7-13)9-20-16(25)22-18/h4-7,11,16,20,22,25H,8-10H2,1-3H3,(H2,19,21). The molecule has 2 unspecified atom stereocenters. The molecule has 1 heterocycles. The van der Waals surface area contributed by atoms with Crippen LogP contribution < -0.4 is 14.6 Å². The van der Waals surface area contributed by atoms with Crippen molar-refractivity contribution >= 4 is 34.7 Å². The van der Waals surface area contributed by atoms with Crippen LogP contribution in [-0.2, 0) is 17.9 Å². The van der Waals surface area contributed by atoms with Crippen molar-refractivity contribution in [3.05, 3.63) is 35.4 Å². The highest BCUT2D eigenvalue weighted by Crippen LogP contribution is 2.29. The van der Waals surface area contributed by atoms with Crippen LogP contribution in [0, 0.1) is 5.92 Å². The van der Waals surface area contributed by atoms with E-state index in [4.69, 9.17) is 5.73 Å². The van der Waals surface area contributed by atoms with Crippen LogP contribution in [0.2, 0.25) is 0 Å². The molecule has 0 aliphatic carbocycles. The lowest BCUT2D eigenvalue weighted by Crippen LogP contribution is -2.43. The second-order valence-electron chi connectivity index (χ2n) is 6.94. The van der Waals surface area contributed by atoms with E-state index in [1.165, 1.54) is 0 Å². The van der Waals surface area contributed by atoms with E-state index in [0.717, 1.165) is 11.1 Å². The van der Waals surface area contributed by atoms with Gasteiger partial charge in [-0.2, -0.15) is 0 Å². The summed E-state index contributed by atoms with van der Waals surface area (Å²) in [5.74, 6) is 0.612. The first kappa shape index (κ1) is 20.1. The lowest BCUT2D eigenvalue weighted by Gasteiger charge is -2.23. The lowest BCUT2D eigenvalue weighted by atomic mass is 9.91. The van der Waals surface area contributed by atoms with Gasteiger partial charge in [0.1, 0.15) is 5.54 Å². The summed E-state index contributed by atoms with van der Waals surface area (Å²) in [4.78, 5) is 18.7. The maximum atomic E-state index is 12.7. The Morgan fingerprint density at radius 3 is 2.48 bits per heavy atom. The van der Waals surface area contributed by atoms with E-state index in [2.05, 4.69) is 27.7 Å². The smallest absolute Gasteiger partial charge is 0.257 e. The Labute approximate surface area is 162 Å². The first-order valence-corrected chi connectivity index (χ1v) is 9.36. The fourth-order valence-corrected chi connectivity index (χ4v) is 3.25. The maximum Gasteiger partial charge on any atom is 0.257 e. The quantitative estimate of drug-likeness (QED) is 0.268. The second kappa shape index (κ2) is 8.43. The third-order valence-electron chi connectivity index (χ3n) is 4.12. The molecule has 5 N–H and O–H groups in total. The molecule has 7 nitrogen and oxygen atoms in total. The fraction of sp³-hybridized carbons (Fsp3) is 0.529. The molecule has 2 atom stereocenters. The molecule has 1 aliphatic rings. The van der Waals surface area contributed by atoms with Crippen molar-refractivity contribution in [2.75, 3.05) is 0 Å². The molecule has 0 fully saturated rings. The number of nitrogens with zero attached hydrogens (tertiary/aromatic N) is 2. The molecule has 1 amide bonds. The van der Waals surface area contributed by atoms with Crippen molar-refractivity contribution in [3.8, 4) is 0 Å². The summed E-state index contributed by atoms with van der Waals surface area (Å²) in [6, 6.07) is 7.84. The number of carbonyl (C=O) groups is 1. The summed E-state index contributed by atoms with van der Waals surface area (Å²) in [5.41, 5.74) is 7.26. The maximum absolute atomic E-state index is 12.7. The van der Waals surface area contributed by atoms with Gasteiger partial charge in [-0.1, -0.05) is 38.1 Å². The molecule has 0 aromatic heterocycles. The van der Waals surface area contributed by atoms with Crippen LogP contribution >= 0.6 is 22.9 Å². The van der Waals surface area contributed by atoms with Crippen molar-refractivity contribution in [1.82, 2.24) is 13.7 Å². The summed E-state index contributed by atoms with van der Waals surface area (Å²) in [7, 11) is 0. The minimum Gasteiger partial charge on any atom is -0.369 e. The van der Waals surface area contributed by atoms with E-state index in [-0.39, 0.29) is 11.9 Å². The van der Waals surface area contributed by atoms with Crippen molar-refractivity contribution < 1.29 is 9.90 Å². The Kier molecular flexibility index (Phi) is 6.78. The van der Waals surface area contributed by atoms with E-state index in [9.17, 15) is 9.90 Å². The van der Waals surface area contributed by atoms with Gasteiger partial charge in [-0.05, 0) is 30.4 Å². The number of aliphatic hydroxyl groups is 1. The molecule has 1 aliphatic heterocycles. The van der Waals surface area contributed by atoms with E-state index in [1.807, 2.05) is 54.1 Å². The zero-order valence-corrected chi connectivity index (χ0v) is 16.9. The Morgan fingerprint density at radius 2 is 1.92 bits per heavy atom. The van der Waals surface area contributed by atoms with Gasteiger partial charge in [-0.3, -0.25) is 15.0 Å². The van der Waals surface area contributed by atoms with Crippen LogP contribution in [-0.4, -0.2) is 33.8 Å². The minimum absolute atomic E-state index is 0.0410. The van der Waals surface area contributed by atoms with Gasteiger partial charge in [0, 0.05) is 29.4 Å². The molecule has 0 radical (unpaired) electrons. The zero-order valence-electron chi connectivity index (χ0n) is 14.8. The largest absolute Gasteiger partial charge is 0.369 e. The molecule has 25 heavy (non-hydrogen) atoms. The Hall–Kier alpha value is -1.23. The summed E-state index contributed by atoms with van der Waals surface area (Å²) in [6.07, 6.45) is -0.0713. The van der Waals surface area contributed by atoms with Crippen molar-refractivity contribution in [3.63, 3.8) is 0 Å². The average molecular weight is 459 g/mol. The van der Waals surface area contributed by atoms with Crippen molar-refractivity contribution in [2.24, 2.45) is 16.6 Å². The predicted octanol–water partition coefficient (Wildman–Crippen LogP) is 1.45. The van der Waals surface area contributed by atoms with Crippen LogP contribution in [0.4, 0.5) is 0 Å². The van der Waals surface area contributed by atoms with E-state index in [1.54, 1.807) is 4.90 Å². The number of nitrogens with two attached hydrogens (primary N) is 1. The number of rotatable bonds is 8. The number of halogens is 1. The summed E-state index contributed by atoms with van der Waals surface area (Å²) >= 11 is 1.88. The Balaban J connectivity index is 2.00. The van der Waals surface area contributed by atoms with Gasteiger partial charge in [0.05, 0.1) is 6.54 Å². The van der Waals surface area contributed by atoms with Crippen LogP contribution in [0.5, 0.6) is 0 Å². The van der Waals surface area contributed by atoms with Gasteiger partial charge in [-0.25, -0.2) is 8.52 Å². The number of hydrogen-bond donors (Lipinski definition) is 4. The number of aliphatic imine (C=N–C) groups is 1. The number of aliphatic hydroxyl groups excluding tert-OH is 1. The first-order chi connectivity index (χ1) is 11.7. The Morgan fingerprint density at radius 1 is 1.32 bits per heavy atom. The summed E-state index contributed by atoms with van der Waals surface area (Å²) in [6.45, 7) is 6.95. The fourth-order valence-electron chi connectivity index (χ4n) is 3.03. The summed E-state index contributed by atoms with van der Waals surface area (Å²) < 4.78 is 2.67. The van der Waals surface area contributed by atoms with E-state index < -0.39 is 11.9 Å². The Bertz CT molecular complexity index is 634. The van der Waals surface area contributed by atoms with Crippen molar-refractivity contribution in [2.45, 2.75) is 52.2 Å². The number of hydrogen-bond acceptors (Lipinski definition) is 6. The molecule has 0 bridgehead atoms. The molecule has 1 aromatic carbocycles. The number of nitrogens with one attached hydrogen (secondary N) is 2. The van der Waals surface area contributed by atoms with Gasteiger partial charge in [0.15, 0.2) is 12.3 Å². The van der Waals surface area contributed by atoms with Gasteiger partial charge in [-0.15, -0.1) is 0 Å². The zero-order chi connectivity index (χ0) is 18.6. The minimum atomic E-state index is -0.759. The lowest BCUT2D eigenvalue weighted by molar-refractivity contribution is -0.131. The molecule has 2 rings (SSSR count). The molecular formula is C17H26IN5O2. The molecule has 0 spiro atoms. The molecular weight excluding hydrogens is 433 g/mol. The SMILES string of the molecule is CC(C)CC1(C)N=C(N)N(Cc2ccc(CNC(O)NI)cc2)C1=O. The number of guanidine groups is 1. The third kappa shape index (κ3) is 5.13. The first-order valence-electron chi connectivity index (χ1n) is 8.28. The number of amides is 1. The molecule has 138 valence electrons. The monoisotopic (exact) mass is 459 g/mol. The predicted molar refractivity (Wildman–Crippen MR) is 106 cm³/mol. The topological polar surface area (TPSA) is 103 Å². The van der Waals surface area contributed by atoms with E-state index >= 15 is 0 Å². The van der Waals surface area contributed by atoms with Gasteiger partial charge in [0.25, 0.3) is 5.91 Å². The average Bonchev–Trinajstić information content (AvgIpc) is 2.76. The highest BCUT2D eigenvalue weighted by Gasteiger charge is 2.43. The van der Waals surface area contributed by atoms with E-state index in [0.29, 0.717) is 25.4 Å². The van der Waals surface area contributed by atoms with Gasteiger partial charge < -0.3 is 10.8 Å². The highest BCUT2D eigenvalue weighted by molar-refractivity contribution is 14.1.